The van der Waals surface area contributed by atoms with Gasteiger partial charge in [0.2, 0.25) is 0 Å². The van der Waals surface area contributed by atoms with Crippen LogP contribution in [-0.4, -0.2) is 0 Å². The molecule has 10 heavy (non-hydrogen) atoms. The van der Waals surface area contributed by atoms with Crippen molar-refractivity contribution in [3.05, 3.63) is 23.2 Å². The van der Waals surface area contributed by atoms with E-state index >= 15 is 0 Å². The van der Waals surface area contributed by atoms with Gasteiger partial charge in [0.25, 0.3) is 0 Å². The maximum Gasteiger partial charge on any atom is 0.105 e. The number of hydrogen-bond acceptors (Lipinski definition) is 2. The van der Waals surface area contributed by atoms with Crippen molar-refractivity contribution in [1.29, 1.82) is 0 Å². The number of aryl methyl sites for hydroxylation is 2. The number of rotatable bonds is 1. The van der Waals surface area contributed by atoms with Gasteiger partial charge in [-0.1, -0.05) is 0 Å². The van der Waals surface area contributed by atoms with E-state index in [9.17, 15) is 0 Å². The minimum atomic E-state index is 0. The van der Waals surface area contributed by atoms with Gasteiger partial charge >= 0.3 is 0 Å². The van der Waals surface area contributed by atoms with Crippen LogP contribution in [0.1, 0.15) is 17.1 Å². The van der Waals surface area contributed by atoms with Crippen LogP contribution in [0.4, 0.5) is 0 Å². The van der Waals surface area contributed by atoms with Crippen LogP contribution in [-0.2, 0) is 6.54 Å². The molecule has 0 saturated heterocycles. The lowest BCUT2D eigenvalue weighted by Gasteiger charge is -1.86. The lowest BCUT2D eigenvalue weighted by molar-refractivity contribution is 0.501. The van der Waals surface area contributed by atoms with Crippen LogP contribution in [0.3, 0.4) is 0 Å². The molecule has 0 unspecified atom stereocenters. The summed E-state index contributed by atoms with van der Waals surface area (Å²) in [5.74, 6) is 1.88. The number of halogens is 1. The quantitative estimate of drug-likeness (QED) is 0.682. The lowest BCUT2D eigenvalue weighted by atomic mass is 10.2. The van der Waals surface area contributed by atoms with Crippen molar-refractivity contribution in [3.8, 4) is 0 Å². The topological polar surface area (TPSA) is 39.2 Å². The summed E-state index contributed by atoms with van der Waals surface area (Å²) in [6.45, 7) is 4.42. The molecular formula is C7H12ClNO. The standard InChI is InChI=1S/C7H11NO.ClH/c1-5-3-7(4-8)6(2)9-5;/h3H,4,8H2,1-2H3;1H. The van der Waals surface area contributed by atoms with Gasteiger partial charge in [-0.25, -0.2) is 0 Å². The van der Waals surface area contributed by atoms with Crippen molar-refractivity contribution in [3.63, 3.8) is 0 Å². The van der Waals surface area contributed by atoms with E-state index in [1.165, 1.54) is 0 Å². The highest BCUT2D eigenvalue weighted by Gasteiger charge is 1.99. The fourth-order valence-electron chi connectivity index (χ4n) is 0.886. The van der Waals surface area contributed by atoms with Crippen molar-refractivity contribution in [2.24, 2.45) is 5.73 Å². The minimum absolute atomic E-state index is 0. The third-order valence-electron chi connectivity index (χ3n) is 1.36. The maximum absolute atomic E-state index is 5.40. The normalized spacial score (nSPS) is 9.10. The summed E-state index contributed by atoms with van der Waals surface area (Å²) in [5, 5.41) is 0. The third kappa shape index (κ3) is 1.75. The Labute approximate surface area is 66.8 Å². The van der Waals surface area contributed by atoms with E-state index < -0.39 is 0 Å². The van der Waals surface area contributed by atoms with Crippen LogP contribution in [0.25, 0.3) is 0 Å². The van der Waals surface area contributed by atoms with Gasteiger partial charge in [0, 0.05) is 12.1 Å². The highest BCUT2D eigenvalue weighted by Crippen LogP contribution is 2.11. The van der Waals surface area contributed by atoms with E-state index in [-0.39, 0.29) is 12.4 Å². The fraction of sp³-hybridized carbons (Fsp3) is 0.429. The SMILES string of the molecule is Cc1cc(CN)c(C)o1.Cl. The molecule has 1 aromatic rings. The molecule has 0 bridgehead atoms. The van der Waals surface area contributed by atoms with Crippen molar-refractivity contribution in [2.75, 3.05) is 0 Å². The Bertz CT molecular complexity index is 207. The van der Waals surface area contributed by atoms with E-state index in [1.54, 1.807) is 0 Å². The highest BCUT2D eigenvalue weighted by molar-refractivity contribution is 5.85. The Morgan fingerprint density at radius 1 is 1.50 bits per heavy atom. The van der Waals surface area contributed by atoms with E-state index in [2.05, 4.69) is 0 Å². The summed E-state index contributed by atoms with van der Waals surface area (Å²) >= 11 is 0. The monoisotopic (exact) mass is 161 g/mol. The first-order valence-electron chi connectivity index (χ1n) is 3.00. The third-order valence-corrected chi connectivity index (χ3v) is 1.36. The summed E-state index contributed by atoms with van der Waals surface area (Å²) < 4.78 is 5.23. The summed E-state index contributed by atoms with van der Waals surface area (Å²) in [5.41, 5.74) is 6.51. The van der Waals surface area contributed by atoms with Crippen molar-refractivity contribution >= 4 is 12.4 Å². The molecule has 1 heterocycles. The van der Waals surface area contributed by atoms with Gasteiger partial charge in [0.1, 0.15) is 11.5 Å². The molecule has 0 atom stereocenters. The van der Waals surface area contributed by atoms with Gasteiger partial charge in [0.15, 0.2) is 0 Å². The van der Waals surface area contributed by atoms with E-state index in [1.807, 2.05) is 19.9 Å². The molecule has 0 fully saturated rings. The molecule has 0 aromatic carbocycles. The van der Waals surface area contributed by atoms with Gasteiger partial charge in [-0.2, -0.15) is 0 Å². The number of furan rings is 1. The smallest absolute Gasteiger partial charge is 0.105 e. The molecule has 2 nitrogen and oxygen atoms in total. The second-order valence-corrected chi connectivity index (χ2v) is 2.14. The van der Waals surface area contributed by atoms with Crippen LogP contribution in [0.15, 0.2) is 10.5 Å². The first-order chi connectivity index (χ1) is 4.24. The Morgan fingerprint density at radius 2 is 2.10 bits per heavy atom. The lowest BCUT2D eigenvalue weighted by Crippen LogP contribution is -1.95. The molecule has 0 radical (unpaired) electrons. The molecule has 0 spiro atoms. The molecule has 0 aliphatic rings. The summed E-state index contributed by atoms with van der Waals surface area (Å²) in [6.07, 6.45) is 0. The van der Waals surface area contributed by atoms with Gasteiger partial charge < -0.3 is 10.2 Å². The second-order valence-electron chi connectivity index (χ2n) is 2.14. The fourth-order valence-corrected chi connectivity index (χ4v) is 0.886. The predicted octanol–water partition coefficient (Wildman–Crippen LogP) is 1.78. The summed E-state index contributed by atoms with van der Waals surface area (Å²) in [4.78, 5) is 0. The predicted molar refractivity (Wildman–Crippen MR) is 43.3 cm³/mol. The molecule has 1 aromatic heterocycles. The second kappa shape index (κ2) is 3.64. The van der Waals surface area contributed by atoms with Crippen molar-refractivity contribution in [1.82, 2.24) is 0 Å². The highest BCUT2D eigenvalue weighted by atomic mass is 35.5. The van der Waals surface area contributed by atoms with Gasteiger partial charge in [-0.05, 0) is 19.9 Å². The zero-order valence-electron chi connectivity index (χ0n) is 6.18. The van der Waals surface area contributed by atoms with E-state index in [4.69, 9.17) is 10.2 Å². The van der Waals surface area contributed by atoms with E-state index in [0.717, 1.165) is 17.1 Å². The molecule has 1 rings (SSSR count). The van der Waals surface area contributed by atoms with Crippen LogP contribution < -0.4 is 5.73 Å². The number of nitrogens with two attached hydrogens (primary N) is 1. The van der Waals surface area contributed by atoms with Crippen LogP contribution in [0.5, 0.6) is 0 Å². The largest absolute Gasteiger partial charge is 0.466 e. The Balaban J connectivity index is 0.000000810. The first-order valence-corrected chi connectivity index (χ1v) is 3.00. The number of hydrogen-bond donors (Lipinski definition) is 1. The zero-order chi connectivity index (χ0) is 6.85. The van der Waals surface area contributed by atoms with Crippen LogP contribution >= 0.6 is 12.4 Å². The summed E-state index contributed by atoms with van der Waals surface area (Å²) in [6, 6.07) is 1.97. The van der Waals surface area contributed by atoms with Crippen molar-refractivity contribution in [2.45, 2.75) is 20.4 Å². The average molecular weight is 162 g/mol. The Morgan fingerprint density at radius 3 is 2.30 bits per heavy atom. The minimum Gasteiger partial charge on any atom is -0.466 e. The molecule has 58 valence electrons. The molecule has 0 aliphatic heterocycles. The Hall–Kier alpha value is -0.470. The molecule has 0 amide bonds. The molecule has 2 N–H and O–H groups in total. The maximum atomic E-state index is 5.40. The Kier molecular flexibility index (Phi) is 3.47. The molecule has 0 saturated carbocycles. The van der Waals surface area contributed by atoms with Gasteiger partial charge in [-0.15, -0.1) is 12.4 Å². The van der Waals surface area contributed by atoms with Crippen LogP contribution in [0.2, 0.25) is 0 Å². The first kappa shape index (κ1) is 9.53. The van der Waals surface area contributed by atoms with Gasteiger partial charge in [0.05, 0.1) is 0 Å². The molecule has 3 heteroatoms. The average Bonchev–Trinajstić information content (AvgIpc) is 2.10. The molecule has 0 aliphatic carbocycles. The molecular weight excluding hydrogens is 150 g/mol. The van der Waals surface area contributed by atoms with Crippen LogP contribution in [0, 0.1) is 13.8 Å². The van der Waals surface area contributed by atoms with Gasteiger partial charge in [-0.3, -0.25) is 0 Å². The van der Waals surface area contributed by atoms with Crippen molar-refractivity contribution < 1.29 is 4.42 Å². The zero-order valence-corrected chi connectivity index (χ0v) is 6.99. The van der Waals surface area contributed by atoms with E-state index in [0.29, 0.717) is 6.54 Å². The summed E-state index contributed by atoms with van der Waals surface area (Å²) in [7, 11) is 0.